The van der Waals surface area contributed by atoms with Crippen LogP contribution in [0.25, 0.3) is 22.8 Å². The summed E-state index contributed by atoms with van der Waals surface area (Å²) in [6.07, 6.45) is 6.17. The van der Waals surface area contributed by atoms with Gasteiger partial charge in [0.2, 0.25) is 11.2 Å². The van der Waals surface area contributed by atoms with Gasteiger partial charge in [-0.05, 0) is 67.0 Å². The maximum Gasteiger partial charge on any atom is 0.272 e. The molecular formula is C42H37FN8O6. The second kappa shape index (κ2) is 11.9. The number of hydrogen-bond donors (Lipinski definition) is 4. The number of carbonyl (C=O) groups excluding carboxylic acids is 4. The number of amides is 4. The molecule has 12 rings (SSSR count). The highest BCUT2D eigenvalue weighted by atomic mass is 19.1. The molecule has 2 atom stereocenters. The Hall–Kier alpha value is -6.29. The summed E-state index contributed by atoms with van der Waals surface area (Å²) in [5, 5.41) is 25.1. The van der Waals surface area contributed by atoms with Crippen molar-refractivity contribution in [2.24, 2.45) is 5.73 Å². The third-order valence-electron chi connectivity index (χ3n) is 12.8. The van der Waals surface area contributed by atoms with Gasteiger partial charge in [0.15, 0.2) is 0 Å². The molecule has 5 N–H and O–H groups in total. The average molecular weight is 769 g/mol. The van der Waals surface area contributed by atoms with Gasteiger partial charge in [0, 0.05) is 81.2 Å². The van der Waals surface area contributed by atoms with Gasteiger partial charge >= 0.3 is 0 Å². The summed E-state index contributed by atoms with van der Waals surface area (Å²) in [6.45, 7) is 0.734. The maximum absolute atomic E-state index is 15.5. The molecule has 4 bridgehead atoms. The maximum atomic E-state index is 15.5. The number of aliphatic hydroxyl groups is 2. The molecule has 8 aliphatic rings. The van der Waals surface area contributed by atoms with E-state index < -0.39 is 46.2 Å². The number of hydrogen-bond acceptors (Lipinski definition) is 8. The molecule has 2 saturated heterocycles. The lowest BCUT2D eigenvalue weighted by Crippen LogP contribution is -2.54. The minimum atomic E-state index is -1.89. The third-order valence-corrected chi connectivity index (χ3v) is 12.8. The summed E-state index contributed by atoms with van der Waals surface area (Å²) >= 11 is 0. The number of halogens is 1. The smallest absolute Gasteiger partial charge is 0.272 e. The van der Waals surface area contributed by atoms with E-state index in [1.807, 2.05) is 15.2 Å². The Kier molecular flexibility index (Phi) is 7.32. The fourth-order valence-electron chi connectivity index (χ4n) is 9.38. The number of nitrogens with one attached hydrogen (secondary N) is 1. The molecule has 2 unspecified atom stereocenters. The molecule has 14 nitrogen and oxygen atoms in total. The molecule has 2 aromatic heterocycles. The molecule has 4 fully saturated rings. The largest absolute Gasteiger partial charge is 0.369 e. The lowest BCUT2D eigenvalue weighted by Gasteiger charge is -2.47. The van der Waals surface area contributed by atoms with Crippen LogP contribution in [0, 0.1) is 29.5 Å². The fraction of sp³-hybridized carbons (Fsp3) is 0.381. The molecule has 15 heteroatoms. The minimum absolute atomic E-state index is 0.0241. The Labute approximate surface area is 325 Å². The quantitative estimate of drug-likeness (QED) is 0.228. The Bertz CT molecular complexity index is 2650. The zero-order chi connectivity index (χ0) is 39.8. The van der Waals surface area contributed by atoms with E-state index in [1.54, 1.807) is 44.7 Å². The van der Waals surface area contributed by atoms with Gasteiger partial charge in [-0.25, -0.2) is 14.4 Å². The van der Waals surface area contributed by atoms with Crippen molar-refractivity contribution < 1.29 is 33.8 Å². The van der Waals surface area contributed by atoms with E-state index in [-0.39, 0.29) is 47.8 Å². The Morgan fingerprint density at radius 3 is 2.12 bits per heavy atom. The second-order valence-corrected chi connectivity index (χ2v) is 16.4. The van der Waals surface area contributed by atoms with Gasteiger partial charge in [-0.2, -0.15) is 0 Å². The fourth-order valence-corrected chi connectivity index (χ4v) is 9.38. The minimum Gasteiger partial charge on any atom is -0.369 e. The van der Waals surface area contributed by atoms with Crippen LogP contribution in [0.3, 0.4) is 0 Å². The van der Waals surface area contributed by atoms with Crippen molar-refractivity contribution >= 4 is 23.6 Å². The van der Waals surface area contributed by atoms with Crippen LogP contribution in [-0.4, -0.2) is 101 Å². The van der Waals surface area contributed by atoms with Crippen molar-refractivity contribution in [3.8, 4) is 46.5 Å². The number of rotatable bonds is 3. The molecule has 4 amide bonds. The topological polar surface area (TPSA) is 189 Å². The summed E-state index contributed by atoms with van der Waals surface area (Å²) in [5.74, 6) is 9.56. The van der Waals surface area contributed by atoms with E-state index in [2.05, 4.69) is 34.0 Å². The Balaban J connectivity index is 0.997. The summed E-state index contributed by atoms with van der Waals surface area (Å²) in [4.78, 5) is 63.9. The normalized spacial score (nSPS) is 28.5. The van der Waals surface area contributed by atoms with Crippen molar-refractivity contribution in [1.29, 1.82) is 0 Å². The van der Waals surface area contributed by atoms with Crippen LogP contribution >= 0.6 is 0 Å². The van der Waals surface area contributed by atoms with Gasteiger partial charge in [0.05, 0.1) is 11.1 Å². The van der Waals surface area contributed by atoms with E-state index in [9.17, 15) is 29.4 Å². The lowest BCUT2D eigenvalue weighted by molar-refractivity contribution is -0.138. The highest BCUT2D eigenvalue weighted by molar-refractivity contribution is 5.95. The van der Waals surface area contributed by atoms with Crippen LogP contribution in [-0.2, 0) is 15.1 Å². The van der Waals surface area contributed by atoms with Crippen LogP contribution < -0.4 is 11.1 Å². The van der Waals surface area contributed by atoms with Gasteiger partial charge in [0.1, 0.15) is 28.9 Å². The molecule has 0 spiro atoms. The molecule has 2 saturated carbocycles. The van der Waals surface area contributed by atoms with Crippen molar-refractivity contribution in [2.75, 3.05) is 27.2 Å². The van der Waals surface area contributed by atoms with Crippen LogP contribution in [0.2, 0.25) is 0 Å². The van der Waals surface area contributed by atoms with Crippen LogP contribution in [0.15, 0.2) is 42.7 Å². The van der Waals surface area contributed by atoms with Crippen LogP contribution in [0.5, 0.6) is 0 Å². The molecule has 2 aromatic carbocycles. The number of nitrogens with two attached hydrogens (primary N) is 1. The molecule has 8 heterocycles. The van der Waals surface area contributed by atoms with Gasteiger partial charge in [0.25, 0.3) is 23.6 Å². The molecular weight excluding hydrogens is 732 g/mol. The number of primary amides is 1. The van der Waals surface area contributed by atoms with E-state index in [1.165, 1.54) is 15.9 Å². The molecule has 0 radical (unpaired) electrons. The predicted octanol–water partition coefficient (Wildman–Crippen LogP) is 1.95. The number of nitrogens with zero attached hydrogens (tertiary/aromatic N) is 6. The summed E-state index contributed by atoms with van der Waals surface area (Å²) in [7, 11) is 3.20. The standard InChI is InChI=1S/C42H37FN8O6/c1-48-11-9-41(56,38(48)54)7-5-22-3-4-30-29(13-22)36-45-32(34(44)52)20-51(36)26-18-40(30,19-26)47-37(53)33-21-50-25-14-24(15-25)27-17-31(43)23(16-28(27)35(50)46-33)6-8-42(57)10-12-49(2)39(42)55/h3-4,13,16-17,20-21,24-26,56-57H,9-12,14-15,18-19H2,1-2H3,(H2,44,52)(H,47,53). The van der Waals surface area contributed by atoms with Gasteiger partial charge < -0.3 is 40.2 Å². The van der Waals surface area contributed by atoms with Gasteiger partial charge in [-0.1, -0.05) is 29.7 Å². The number of likely N-dealkylation sites (tertiary alicyclic amines) is 2. The van der Waals surface area contributed by atoms with Crippen molar-refractivity contribution in [1.82, 2.24) is 34.2 Å². The number of carbonyl (C=O) groups is 4. The second-order valence-electron chi connectivity index (χ2n) is 16.4. The first kappa shape index (κ1) is 35.1. The molecule has 2 aliphatic carbocycles. The summed E-state index contributed by atoms with van der Waals surface area (Å²) < 4.78 is 19.4. The molecule has 4 aromatic rings. The first-order valence-corrected chi connectivity index (χ1v) is 19.0. The Morgan fingerprint density at radius 2 is 1.47 bits per heavy atom. The summed E-state index contributed by atoms with van der Waals surface area (Å²) in [5.41, 5.74) is 4.75. The first-order valence-electron chi connectivity index (χ1n) is 19.0. The zero-order valence-corrected chi connectivity index (χ0v) is 31.1. The number of likely N-dealkylation sites (N-methyl/N-ethyl adjacent to an activating group) is 2. The molecule has 288 valence electrons. The average Bonchev–Trinajstić information content (AvgIpc) is 3.85. The predicted molar refractivity (Wildman–Crippen MR) is 200 cm³/mol. The van der Waals surface area contributed by atoms with Crippen molar-refractivity contribution in [3.63, 3.8) is 0 Å². The third kappa shape index (κ3) is 5.19. The van der Waals surface area contributed by atoms with E-state index in [0.29, 0.717) is 54.3 Å². The van der Waals surface area contributed by atoms with Crippen LogP contribution in [0.1, 0.15) is 99.8 Å². The van der Waals surface area contributed by atoms with Gasteiger partial charge in [-0.3, -0.25) is 19.2 Å². The van der Waals surface area contributed by atoms with Crippen molar-refractivity contribution in [3.05, 3.63) is 82.2 Å². The van der Waals surface area contributed by atoms with E-state index in [0.717, 1.165) is 24.0 Å². The monoisotopic (exact) mass is 768 g/mol. The summed E-state index contributed by atoms with van der Waals surface area (Å²) in [6, 6.07) is 8.43. The molecule has 57 heavy (non-hydrogen) atoms. The highest BCUT2D eigenvalue weighted by Crippen LogP contribution is 2.56. The number of aromatic nitrogens is 4. The molecule has 6 aliphatic heterocycles. The zero-order valence-electron chi connectivity index (χ0n) is 31.1. The van der Waals surface area contributed by atoms with Crippen LogP contribution in [0.4, 0.5) is 4.39 Å². The van der Waals surface area contributed by atoms with E-state index in [4.69, 9.17) is 10.7 Å². The number of imidazole rings is 2. The van der Waals surface area contributed by atoms with E-state index >= 15 is 4.39 Å². The lowest BCUT2D eigenvalue weighted by atomic mass is 9.68. The number of benzene rings is 2. The Morgan fingerprint density at radius 1 is 0.860 bits per heavy atom. The van der Waals surface area contributed by atoms with Crippen molar-refractivity contribution in [2.45, 2.75) is 73.3 Å². The highest BCUT2D eigenvalue weighted by Gasteiger charge is 2.53. The van der Waals surface area contributed by atoms with Gasteiger partial charge in [-0.15, -0.1) is 0 Å². The first-order chi connectivity index (χ1) is 27.1. The SMILES string of the molecule is CN1CCC(O)(C#Cc2ccc3c(c2)-c2nc(C(N)=O)cn2C2CC3(NC(=O)c3cn4c(n3)-c3cc(C#CC5(O)CCN(C)C5=O)c(F)cc3C3CC4C3)C2)C1=O.